The van der Waals surface area contributed by atoms with Crippen molar-refractivity contribution >= 4 is 84.0 Å². The molecule has 0 bridgehead atoms. The first-order valence-corrected chi connectivity index (χ1v) is 23.2. The van der Waals surface area contributed by atoms with Crippen molar-refractivity contribution in [3.05, 3.63) is 65.2 Å². The number of nitrogens with zero attached hydrogens (tertiary/aromatic N) is 7. The number of thiol groups is 2. The molecular formula is C32H34F2N10O11P2S2. The van der Waals surface area contributed by atoms with E-state index in [4.69, 9.17) is 27.6 Å². The minimum absolute atomic E-state index is 0.0177. The van der Waals surface area contributed by atoms with Crippen LogP contribution in [0.1, 0.15) is 43.6 Å². The van der Waals surface area contributed by atoms with Crippen molar-refractivity contribution in [1.29, 1.82) is 0 Å². The molecule has 59 heavy (non-hydrogen) atoms. The smallest absolute Gasteiger partial charge is 0.346 e. The van der Waals surface area contributed by atoms with E-state index in [9.17, 15) is 23.5 Å². The Morgan fingerprint density at radius 1 is 0.864 bits per heavy atom. The second-order valence-electron chi connectivity index (χ2n) is 13.9. The predicted octanol–water partition coefficient (Wildman–Crippen LogP) is 4.56. The maximum atomic E-state index is 16.6. The normalized spacial score (nSPS) is 32.6. The number of carbonyl (C=O) groups excluding carboxylic acids is 2. The van der Waals surface area contributed by atoms with E-state index < -0.39 is 98.8 Å². The number of benzene rings is 1. The van der Waals surface area contributed by atoms with Crippen LogP contribution < -0.4 is 16.2 Å². The molecule has 2 amide bonds. The van der Waals surface area contributed by atoms with Crippen LogP contribution in [0.15, 0.2) is 54.1 Å². The van der Waals surface area contributed by atoms with Crippen LogP contribution in [0.5, 0.6) is 0 Å². The number of amides is 2. The zero-order valence-electron chi connectivity index (χ0n) is 30.8. The van der Waals surface area contributed by atoms with Crippen molar-refractivity contribution in [2.45, 2.75) is 76.1 Å². The van der Waals surface area contributed by atoms with Gasteiger partial charge in [-0.05, 0) is 19.1 Å². The Balaban J connectivity index is 1.05. The minimum atomic E-state index is -4.61. The number of imidazole rings is 2. The summed E-state index contributed by atoms with van der Waals surface area (Å²) in [6.45, 7) is -5.40. The highest BCUT2D eigenvalue weighted by atomic mass is 32.7. The molecule has 3 saturated heterocycles. The van der Waals surface area contributed by atoms with Crippen molar-refractivity contribution in [2.24, 2.45) is 5.92 Å². The first kappa shape index (κ1) is 41.6. The number of H-pyrrole nitrogens is 1. The van der Waals surface area contributed by atoms with Gasteiger partial charge in [0.15, 0.2) is 52.9 Å². The number of hydrogen-bond acceptors (Lipinski definition) is 16. The highest BCUT2D eigenvalue weighted by Crippen LogP contribution is 2.61. The number of aromatic amines is 1. The van der Waals surface area contributed by atoms with Gasteiger partial charge in [0.1, 0.15) is 30.7 Å². The molecule has 0 aliphatic carbocycles. The van der Waals surface area contributed by atoms with E-state index in [-0.39, 0.29) is 34.1 Å². The van der Waals surface area contributed by atoms with E-state index >= 15 is 8.78 Å². The van der Waals surface area contributed by atoms with Crippen LogP contribution in [-0.2, 0) is 41.5 Å². The lowest BCUT2D eigenvalue weighted by Crippen LogP contribution is -2.40. The fourth-order valence-electron chi connectivity index (χ4n) is 6.68. The number of ether oxygens (including phenoxy) is 2. The summed E-state index contributed by atoms with van der Waals surface area (Å²) in [5.74, 6) is -1.65. The Kier molecular flexibility index (Phi) is 11.3. The molecule has 3 fully saturated rings. The van der Waals surface area contributed by atoms with Gasteiger partial charge in [0, 0.05) is 11.5 Å². The first-order valence-electron chi connectivity index (χ1n) is 17.8. The summed E-state index contributed by atoms with van der Waals surface area (Å²) in [6.07, 6.45) is -12.3. The van der Waals surface area contributed by atoms with Crippen LogP contribution in [0.25, 0.3) is 22.3 Å². The first-order chi connectivity index (χ1) is 28.0. The maximum Gasteiger partial charge on any atom is 0.386 e. The van der Waals surface area contributed by atoms with E-state index in [0.717, 1.165) is 17.2 Å². The summed E-state index contributed by atoms with van der Waals surface area (Å²) < 4.78 is 97.4. The van der Waals surface area contributed by atoms with Gasteiger partial charge < -0.3 is 14.8 Å². The maximum absolute atomic E-state index is 16.6. The summed E-state index contributed by atoms with van der Waals surface area (Å²) in [7, 11) is 0. The lowest BCUT2D eigenvalue weighted by Gasteiger charge is -2.31. The molecule has 3 N–H and O–H groups in total. The van der Waals surface area contributed by atoms with Crippen molar-refractivity contribution in [1.82, 2.24) is 39.0 Å². The second-order valence-corrected chi connectivity index (χ2v) is 19.6. The van der Waals surface area contributed by atoms with Gasteiger partial charge in [0.25, 0.3) is 11.5 Å². The highest BCUT2D eigenvalue weighted by Gasteiger charge is 2.56. The molecule has 7 heterocycles. The molecule has 5 aromatic rings. The monoisotopic (exact) mass is 898 g/mol. The number of hydrogen-bond donors (Lipinski definition) is 5. The van der Waals surface area contributed by atoms with E-state index in [0.29, 0.717) is 5.56 Å². The summed E-state index contributed by atoms with van der Waals surface area (Å²) in [5, 5.41) is 5.11. The van der Waals surface area contributed by atoms with Crippen LogP contribution in [-0.4, -0.2) is 100 Å². The van der Waals surface area contributed by atoms with E-state index in [1.807, 2.05) is 0 Å². The molecule has 8 rings (SSSR count). The summed E-state index contributed by atoms with van der Waals surface area (Å²) in [4.78, 5) is 61.2. The molecule has 27 heteroatoms. The van der Waals surface area contributed by atoms with Gasteiger partial charge in [-0.1, -0.05) is 56.5 Å². The minimum Gasteiger partial charge on any atom is -0.346 e. The van der Waals surface area contributed by atoms with E-state index in [1.165, 1.54) is 17.8 Å². The highest BCUT2D eigenvalue weighted by molar-refractivity contribution is 8.44. The average molecular weight is 899 g/mol. The SMILES string of the molecule is CC(C)C(=O)Nc1nc2c(ncn2[C@@H]2O[C@@H]3CO[P@](=O)(S)O[C@H]4[C@@H](F)[C@H](n5cnc6c(NC(=O)c7ccccc7)ncnc65)O[C@@H]4[C@H](C)O[P@@](=O)(S)O[C@H]3[C@H]2F)c(=O)[nH]1. The number of nitrogens with one attached hydrogen (secondary N) is 3. The molecule has 4 aromatic heterocycles. The number of alkyl halides is 2. The number of fused-ring (bicyclic) bond motifs is 4. The van der Waals surface area contributed by atoms with Gasteiger partial charge in [0.05, 0.1) is 25.4 Å². The Bertz CT molecular complexity index is 2590. The van der Waals surface area contributed by atoms with Gasteiger partial charge >= 0.3 is 13.6 Å². The van der Waals surface area contributed by atoms with E-state index in [2.05, 4.69) is 65.0 Å². The van der Waals surface area contributed by atoms with Crippen LogP contribution in [0.4, 0.5) is 20.5 Å². The molecule has 11 atom stereocenters. The molecule has 0 saturated carbocycles. The van der Waals surface area contributed by atoms with Gasteiger partial charge in [-0.3, -0.25) is 51.9 Å². The van der Waals surface area contributed by atoms with Gasteiger partial charge in [-0.25, -0.2) is 37.8 Å². The zero-order chi connectivity index (χ0) is 42.0. The number of anilines is 2. The van der Waals surface area contributed by atoms with Gasteiger partial charge in [-0.15, -0.1) is 0 Å². The second kappa shape index (κ2) is 16.0. The third-order valence-corrected chi connectivity index (χ3v) is 12.8. The fraction of sp³-hybridized carbons (Fsp3) is 0.438. The van der Waals surface area contributed by atoms with Crippen LogP contribution in [0, 0.1) is 5.92 Å². The molecule has 3 aliphatic heterocycles. The topological polar surface area (TPSA) is 255 Å². The van der Waals surface area contributed by atoms with Crippen molar-refractivity contribution in [3.8, 4) is 0 Å². The molecule has 21 nitrogen and oxygen atoms in total. The van der Waals surface area contributed by atoms with Crippen LogP contribution >= 0.6 is 38.1 Å². The van der Waals surface area contributed by atoms with E-state index in [1.54, 1.807) is 44.2 Å². The Labute approximate surface area is 341 Å². The molecule has 1 aromatic carbocycles. The van der Waals surface area contributed by atoms with Gasteiger partial charge in [0.2, 0.25) is 11.9 Å². The van der Waals surface area contributed by atoms with Crippen LogP contribution in [0.2, 0.25) is 0 Å². The zero-order valence-corrected chi connectivity index (χ0v) is 34.3. The van der Waals surface area contributed by atoms with Crippen molar-refractivity contribution < 1.29 is 55.1 Å². The van der Waals surface area contributed by atoms with Crippen LogP contribution in [0.3, 0.4) is 0 Å². The quantitative estimate of drug-likeness (QED) is 0.116. The van der Waals surface area contributed by atoms with Gasteiger partial charge in [-0.2, -0.15) is 4.98 Å². The molecular weight excluding hydrogens is 864 g/mol. The number of aromatic nitrogens is 8. The standard InChI is InChI=1S/C32H34F2N10O11P2S2/c1-13(2)27(45)41-32-40-26-20(29(47)42-32)38-12-44(26)30-17(33)22-16(51-30)9-50-56(48,58)55-23-18(34)31(52-21(23)14(3)53-57(49,59)54-22)43-11-37-19-24(35-10-36-25(19)43)39-28(46)15-7-5-4-6-8-15/h4-8,10-14,16-18,21-23,30-31H,9H2,1-3H3,(H,48,58)(H,49,59)(H,35,36,39,46)(H2,40,41,42,45,47)/t14-,16+,17+,18+,21+,22+,23-,30+,31+,56-,57+/m0/s1. The average Bonchev–Trinajstić information content (AvgIpc) is 3.95. The third kappa shape index (κ3) is 8.20. The summed E-state index contributed by atoms with van der Waals surface area (Å²) >= 11 is 8.15. The van der Waals surface area contributed by atoms with Crippen molar-refractivity contribution in [3.63, 3.8) is 0 Å². The lowest BCUT2D eigenvalue weighted by atomic mass is 10.1. The third-order valence-electron chi connectivity index (χ3n) is 9.52. The lowest BCUT2D eigenvalue weighted by molar-refractivity contribution is -0.118. The van der Waals surface area contributed by atoms with Crippen molar-refractivity contribution in [2.75, 3.05) is 17.2 Å². The molecule has 3 aliphatic rings. The fourth-order valence-corrected chi connectivity index (χ4v) is 10.1. The Morgan fingerprint density at radius 2 is 1.53 bits per heavy atom. The number of carbonyl (C=O) groups is 2. The molecule has 314 valence electrons. The summed E-state index contributed by atoms with van der Waals surface area (Å²) in [6, 6.07) is 8.31. The largest absolute Gasteiger partial charge is 0.386 e. The molecule has 0 unspecified atom stereocenters. The number of rotatable bonds is 6. The molecule has 0 spiro atoms. The predicted molar refractivity (Wildman–Crippen MR) is 208 cm³/mol. The molecule has 0 radical (unpaired) electrons. The summed E-state index contributed by atoms with van der Waals surface area (Å²) in [5.41, 5.74) is -0.723. The number of halogens is 2. The Hall–Kier alpha value is -4.16. The Morgan fingerprint density at radius 3 is 2.25 bits per heavy atom.